The molecule has 2 unspecified atom stereocenters. The summed E-state index contributed by atoms with van der Waals surface area (Å²) in [6, 6.07) is 3.54. The molecule has 0 spiro atoms. The van der Waals surface area contributed by atoms with Crippen molar-refractivity contribution in [3.8, 4) is 0 Å². The van der Waals surface area contributed by atoms with E-state index >= 15 is 0 Å². The summed E-state index contributed by atoms with van der Waals surface area (Å²) in [6.45, 7) is 2.32. The number of morpholine rings is 1. The molecule has 1 N–H and O–H groups in total. The average Bonchev–Trinajstić information content (AvgIpc) is 2.69. The van der Waals surface area contributed by atoms with Gasteiger partial charge < -0.3 is 19.2 Å². The lowest BCUT2D eigenvalue weighted by atomic mass is 10.1. The summed E-state index contributed by atoms with van der Waals surface area (Å²) in [4.78, 5) is 2.14. The minimum absolute atomic E-state index is 0.181. The van der Waals surface area contributed by atoms with E-state index in [2.05, 4.69) is 4.90 Å². The van der Waals surface area contributed by atoms with Gasteiger partial charge in [-0.05, 0) is 19.2 Å². The van der Waals surface area contributed by atoms with Crippen molar-refractivity contribution < 1.29 is 14.3 Å². The zero-order valence-electron chi connectivity index (χ0n) is 8.22. The van der Waals surface area contributed by atoms with Gasteiger partial charge in [-0.25, -0.2) is 0 Å². The van der Waals surface area contributed by atoms with Crippen molar-refractivity contribution in [3.63, 3.8) is 0 Å². The molecule has 1 aliphatic heterocycles. The van der Waals surface area contributed by atoms with Gasteiger partial charge in [0, 0.05) is 13.1 Å². The minimum atomic E-state index is -0.659. The molecule has 0 aliphatic carbocycles. The summed E-state index contributed by atoms with van der Waals surface area (Å²) < 4.78 is 10.6. The molecule has 2 atom stereocenters. The van der Waals surface area contributed by atoms with E-state index in [1.54, 1.807) is 18.4 Å². The number of aliphatic hydroxyl groups excluding tert-OH is 1. The Balaban J connectivity index is 2.00. The van der Waals surface area contributed by atoms with E-state index in [1.165, 1.54) is 0 Å². The summed E-state index contributed by atoms with van der Waals surface area (Å²) in [7, 11) is 2.02. The highest BCUT2D eigenvalue weighted by atomic mass is 16.5. The third kappa shape index (κ3) is 1.97. The van der Waals surface area contributed by atoms with E-state index in [9.17, 15) is 5.11 Å². The number of furan rings is 1. The van der Waals surface area contributed by atoms with E-state index in [0.29, 0.717) is 12.4 Å². The monoisotopic (exact) mass is 197 g/mol. The number of ether oxygens (including phenoxy) is 1. The summed E-state index contributed by atoms with van der Waals surface area (Å²) >= 11 is 0. The topological polar surface area (TPSA) is 45.8 Å². The predicted molar refractivity (Wildman–Crippen MR) is 50.9 cm³/mol. The van der Waals surface area contributed by atoms with E-state index in [1.807, 2.05) is 7.05 Å². The molecule has 4 heteroatoms. The Morgan fingerprint density at radius 3 is 3.14 bits per heavy atom. The van der Waals surface area contributed by atoms with Gasteiger partial charge in [0.2, 0.25) is 0 Å². The lowest BCUT2D eigenvalue weighted by Gasteiger charge is -2.32. The molecular weight excluding hydrogens is 182 g/mol. The summed E-state index contributed by atoms with van der Waals surface area (Å²) in [5, 5.41) is 9.91. The Bertz CT molecular complexity index is 273. The maximum absolute atomic E-state index is 9.91. The number of nitrogens with zero attached hydrogens (tertiary/aromatic N) is 1. The fourth-order valence-corrected chi connectivity index (χ4v) is 1.64. The van der Waals surface area contributed by atoms with Crippen molar-refractivity contribution in [2.24, 2.45) is 0 Å². The quantitative estimate of drug-likeness (QED) is 0.756. The van der Waals surface area contributed by atoms with Crippen molar-refractivity contribution in [1.29, 1.82) is 0 Å². The van der Waals surface area contributed by atoms with Crippen molar-refractivity contribution in [1.82, 2.24) is 4.90 Å². The maximum Gasteiger partial charge on any atom is 0.139 e. The molecule has 0 saturated carbocycles. The second-order valence-corrected chi connectivity index (χ2v) is 3.63. The molecular formula is C10H15NO3. The van der Waals surface area contributed by atoms with Gasteiger partial charge in [-0.1, -0.05) is 0 Å². The van der Waals surface area contributed by atoms with Crippen LogP contribution in [0.1, 0.15) is 11.9 Å². The van der Waals surface area contributed by atoms with Crippen LogP contribution in [0.25, 0.3) is 0 Å². The zero-order chi connectivity index (χ0) is 9.97. The van der Waals surface area contributed by atoms with E-state index in [-0.39, 0.29) is 6.10 Å². The van der Waals surface area contributed by atoms with Crippen molar-refractivity contribution in [2.75, 3.05) is 26.7 Å². The van der Waals surface area contributed by atoms with Crippen LogP contribution in [0.15, 0.2) is 22.8 Å². The van der Waals surface area contributed by atoms with Crippen LogP contribution in [-0.2, 0) is 4.74 Å². The van der Waals surface area contributed by atoms with Crippen LogP contribution < -0.4 is 0 Å². The molecule has 0 bridgehead atoms. The van der Waals surface area contributed by atoms with Crippen LogP contribution in [0.5, 0.6) is 0 Å². The van der Waals surface area contributed by atoms with Crippen LogP contribution in [0.2, 0.25) is 0 Å². The van der Waals surface area contributed by atoms with Gasteiger partial charge in [-0.15, -0.1) is 0 Å². The summed E-state index contributed by atoms with van der Waals surface area (Å²) in [5.41, 5.74) is 0. The highest BCUT2D eigenvalue weighted by Gasteiger charge is 2.27. The molecule has 4 nitrogen and oxygen atoms in total. The molecule has 78 valence electrons. The Kier molecular flexibility index (Phi) is 2.86. The first-order chi connectivity index (χ1) is 6.77. The zero-order valence-corrected chi connectivity index (χ0v) is 8.22. The van der Waals surface area contributed by atoms with E-state index in [4.69, 9.17) is 9.15 Å². The van der Waals surface area contributed by atoms with E-state index < -0.39 is 6.10 Å². The molecule has 2 heterocycles. The lowest BCUT2D eigenvalue weighted by molar-refractivity contribution is -0.0902. The number of rotatable bonds is 2. The molecule has 1 saturated heterocycles. The molecule has 1 aliphatic rings. The third-order valence-electron chi connectivity index (χ3n) is 2.48. The van der Waals surface area contributed by atoms with Crippen molar-refractivity contribution in [3.05, 3.63) is 24.2 Å². The molecule has 0 radical (unpaired) electrons. The standard InChI is InChI=1S/C10H15NO3/c1-11-4-6-14-9(7-11)10(12)8-3-2-5-13-8/h2-3,5,9-10,12H,4,6-7H2,1H3. The fourth-order valence-electron chi connectivity index (χ4n) is 1.64. The van der Waals surface area contributed by atoms with Crippen LogP contribution in [0, 0.1) is 0 Å². The Labute approximate surface area is 83.1 Å². The van der Waals surface area contributed by atoms with Gasteiger partial charge in [0.25, 0.3) is 0 Å². The van der Waals surface area contributed by atoms with Crippen LogP contribution in [0.3, 0.4) is 0 Å². The summed E-state index contributed by atoms with van der Waals surface area (Å²) in [5.74, 6) is 0.574. The molecule has 2 rings (SSSR count). The minimum Gasteiger partial charge on any atom is -0.466 e. The average molecular weight is 197 g/mol. The first-order valence-corrected chi connectivity index (χ1v) is 4.79. The fraction of sp³-hybridized carbons (Fsp3) is 0.600. The number of likely N-dealkylation sites (N-methyl/N-ethyl adjacent to an activating group) is 1. The van der Waals surface area contributed by atoms with Crippen LogP contribution in [-0.4, -0.2) is 42.9 Å². The first-order valence-electron chi connectivity index (χ1n) is 4.79. The Morgan fingerprint density at radius 1 is 1.64 bits per heavy atom. The summed E-state index contributed by atoms with van der Waals surface area (Å²) in [6.07, 6.45) is 0.720. The second kappa shape index (κ2) is 4.13. The highest BCUT2D eigenvalue weighted by Crippen LogP contribution is 2.21. The number of aliphatic hydroxyl groups is 1. The van der Waals surface area contributed by atoms with Crippen LogP contribution >= 0.6 is 0 Å². The Hall–Kier alpha value is -0.840. The molecule has 1 aromatic rings. The molecule has 0 aromatic carbocycles. The largest absolute Gasteiger partial charge is 0.466 e. The van der Waals surface area contributed by atoms with Gasteiger partial charge in [-0.3, -0.25) is 0 Å². The third-order valence-corrected chi connectivity index (χ3v) is 2.48. The smallest absolute Gasteiger partial charge is 0.139 e. The SMILES string of the molecule is CN1CCOC(C(O)c2ccco2)C1. The van der Waals surface area contributed by atoms with Crippen molar-refractivity contribution >= 4 is 0 Å². The van der Waals surface area contributed by atoms with Crippen LogP contribution in [0.4, 0.5) is 0 Å². The van der Waals surface area contributed by atoms with Gasteiger partial charge in [0.05, 0.1) is 12.9 Å². The van der Waals surface area contributed by atoms with E-state index in [0.717, 1.165) is 13.1 Å². The molecule has 14 heavy (non-hydrogen) atoms. The Morgan fingerprint density at radius 2 is 2.50 bits per heavy atom. The van der Waals surface area contributed by atoms with Gasteiger partial charge >= 0.3 is 0 Å². The van der Waals surface area contributed by atoms with Gasteiger partial charge in [0.15, 0.2) is 0 Å². The normalized spacial score (nSPS) is 26.3. The molecule has 1 fully saturated rings. The molecule has 0 amide bonds. The second-order valence-electron chi connectivity index (χ2n) is 3.63. The van der Waals surface area contributed by atoms with Crippen molar-refractivity contribution in [2.45, 2.75) is 12.2 Å². The van der Waals surface area contributed by atoms with Gasteiger partial charge in [-0.2, -0.15) is 0 Å². The van der Waals surface area contributed by atoms with Gasteiger partial charge in [0.1, 0.15) is 18.0 Å². The predicted octanol–water partition coefficient (Wildman–Crippen LogP) is 0.644. The first kappa shape index (κ1) is 9.71. The maximum atomic E-state index is 9.91. The lowest BCUT2D eigenvalue weighted by Crippen LogP contribution is -2.42. The highest BCUT2D eigenvalue weighted by molar-refractivity contribution is 5.04. The number of hydrogen-bond acceptors (Lipinski definition) is 4. The number of hydrogen-bond donors (Lipinski definition) is 1. The molecule has 1 aromatic heterocycles.